The fourth-order valence-corrected chi connectivity index (χ4v) is 6.80. The molecule has 1 aromatic rings. The Bertz CT molecular complexity index is 556. The number of hydrogen-bond acceptors (Lipinski definition) is 1. The molecule has 3 heterocycles. The minimum absolute atomic E-state index is 0.464. The molecule has 0 amide bonds. The van der Waals surface area contributed by atoms with Gasteiger partial charge in [0.15, 0.2) is 0 Å². The van der Waals surface area contributed by atoms with Crippen molar-refractivity contribution in [2.24, 2.45) is 0 Å². The minimum atomic E-state index is -2.53. The van der Waals surface area contributed by atoms with Gasteiger partial charge in [-0.2, -0.15) is 0 Å². The van der Waals surface area contributed by atoms with Gasteiger partial charge in [0.2, 0.25) is 0 Å². The molecule has 0 aromatic heterocycles. The number of para-hydroxylation sites is 1. The van der Waals surface area contributed by atoms with E-state index in [-0.39, 0.29) is 0 Å². The zero-order valence-corrected chi connectivity index (χ0v) is 12.4. The van der Waals surface area contributed by atoms with Gasteiger partial charge in [0.25, 0.3) is 0 Å². The van der Waals surface area contributed by atoms with Crippen molar-refractivity contribution < 1.29 is 4.57 Å². The lowest BCUT2D eigenvalue weighted by Crippen LogP contribution is -2.27. The van der Waals surface area contributed by atoms with Crippen molar-refractivity contribution >= 4 is 13.3 Å². The molecule has 0 N–H and O–H groups in total. The van der Waals surface area contributed by atoms with Crippen molar-refractivity contribution in [3.63, 3.8) is 0 Å². The van der Waals surface area contributed by atoms with Gasteiger partial charge in [-0.15, -0.1) is 0 Å². The van der Waals surface area contributed by atoms with Gasteiger partial charge in [-0.05, 0) is 31.9 Å². The van der Waals surface area contributed by atoms with Crippen LogP contribution in [0.4, 0.5) is 5.69 Å². The first kappa shape index (κ1) is 12.0. The summed E-state index contributed by atoms with van der Waals surface area (Å²) in [4.78, 5) is 0. The van der Waals surface area contributed by atoms with Gasteiger partial charge in [0.05, 0.1) is 0 Å². The maximum atomic E-state index is 13.7. The third kappa shape index (κ3) is 1.63. The summed E-state index contributed by atoms with van der Waals surface area (Å²) >= 11 is 0. The van der Waals surface area contributed by atoms with Gasteiger partial charge in [-0.1, -0.05) is 18.2 Å². The first-order valence-corrected chi connectivity index (χ1v) is 8.69. The minimum Gasteiger partial charge on any atom is -0.298 e. The summed E-state index contributed by atoms with van der Waals surface area (Å²) in [7, 11) is -2.53. The maximum Gasteiger partial charge on any atom is 0.311 e. The van der Waals surface area contributed by atoms with E-state index >= 15 is 0 Å². The molecule has 3 aliphatic heterocycles. The van der Waals surface area contributed by atoms with E-state index in [1.807, 2.05) is 0 Å². The lowest BCUT2D eigenvalue weighted by atomic mass is 10.2. The monoisotopic (exact) mass is 277 g/mol. The highest BCUT2D eigenvalue weighted by Gasteiger charge is 2.59. The number of nitrogens with zero attached hydrogens (tertiary/aromatic N) is 3. The summed E-state index contributed by atoms with van der Waals surface area (Å²) in [5.41, 5.74) is 2.52. The molecule has 102 valence electrons. The molecule has 4 atom stereocenters. The molecular formula is C14H20N3OP. The quantitative estimate of drug-likeness (QED) is 0.626. The van der Waals surface area contributed by atoms with Crippen LogP contribution in [0.2, 0.25) is 0 Å². The number of benzene rings is 1. The molecule has 1 aromatic carbocycles. The van der Waals surface area contributed by atoms with Crippen LogP contribution in [0, 0.1) is 0 Å². The van der Waals surface area contributed by atoms with Crippen LogP contribution in [0.3, 0.4) is 0 Å². The second-order valence-electron chi connectivity index (χ2n) is 5.96. The van der Waals surface area contributed by atoms with Gasteiger partial charge < -0.3 is 0 Å². The van der Waals surface area contributed by atoms with Crippen molar-refractivity contribution in [1.82, 2.24) is 9.34 Å². The average molecular weight is 277 g/mol. The molecule has 5 heteroatoms. The molecule has 19 heavy (non-hydrogen) atoms. The highest BCUT2D eigenvalue weighted by molar-refractivity contribution is 7.61. The predicted molar refractivity (Wildman–Crippen MR) is 77.4 cm³/mol. The van der Waals surface area contributed by atoms with Crippen LogP contribution in [0.15, 0.2) is 24.3 Å². The molecule has 0 saturated carbocycles. The van der Waals surface area contributed by atoms with E-state index in [2.05, 4.69) is 52.1 Å². The Balaban J connectivity index is 1.75. The van der Waals surface area contributed by atoms with Gasteiger partial charge in [0, 0.05) is 37.4 Å². The standard InChI is InChI=1S/C14H20N3OP/c1-11-9-16(11)19(18,17-10-12(17)2)15-8-7-13-5-3-4-6-14(13)15/h3-6,11-12H,7-10H2,1-2H3/t11-,12-,16?,17?,19?/m0/s1. The molecule has 0 radical (unpaired) electrons. The van der Waals surface area contributed by atoms with E-state index in [0.29, 0.717) is 12.1 Å². The molecule has 3 aliphatic rings. The normalized spacial score (nSPS) is 38.7. The molecular weight excluding hydrogens is 257 g/mol. The van der Waals surface area contributed by atoms with Crippen molar-refractivity contribution in [3.05, 3.63) is 29.8 Å². The lowest BCUT2D eigenvalue weighted by Gasteiger charge is -2.32. The van der Waals surface area contributed by atoms with Crippen molar-refractivity contribution in [2.75, 3.05) is 24.3 Å². The Hall–Kier alpha value is -0.830. The third-order valence-electron chi connectivity index (χ3n) is 4.50. The summed E-state index contributed by atoms with van der Waals surface area (Å²) in [6.07, 6.45) is 1.02. The average Bonchev–Trinajstić information content (AvgIpc) is 3.27. The van der Waals surface area contributed by atoms with Gasteiger partial charge in [-0.25, -0.2) is 9.34 Å². The van der Waals surface area contributed by atoms with E-state index in [4.69, 9.17) is 0 Å². The first-order valence-electron chi connectivity index (χ1n) is 7.12. The van der Waals surface area contributed by atoms with E-state index in [1.165, 1.54) is 11.3 Å². The second kappa shape index (κ2) is 3.85. The van der Waals surface area contributed by atoms with Crippen LogP contribution in [-0.2, 0) is 11.0 Å². The maximum absolute atomic E-state index is 13.7. The highest BCUT2D eigenvalue weighted by Crippen LogP contribution is 2.68. The smallest absolute Gasteiger partial charge is 0.298 e. The second-order valence-corrected chi connectivity index (χ2v) is 8.49. The fourth-order valence-electron chi connectivity index (χ4n) is 3.19. The predicted octanol–water partition coefficient (Wildman–Crippen LogP) is 2.57. The Morgan fingerprint density at radius 1 is 1.11 bits per heavy atom. The van der Waals surface area contributed by atoms with Crippen molar-refractivity contribution in [1.29, 1.82) is 0 Å². The van der Waals surface area contributed by atoms with E-state index in [1.54, 1.807) is 0 Å². The Morgan fingerprint density at radius 2 is 1.68 bits per heavy atom. The first-order chi connectivity index (χ1) is 9.12. The number of fused-ring (bicyclic) bond motifs is 1. The summed E-state index contributed by atoms with van der Waals surface area (Å²) in [6, 6.07) is 9.35. The number of rotatable bonds is 3. The van der Waals surface area contributed by atoms with Crippen LogP contribution in [-0.4, -0.2) is 41.1 Å². The van der Waals surface area contributed by atoms with E-state index in [9.17, 15) is 4.57 Å². The van der Waals surface area contributed by atoms with Gasteiger partial charge in [0.1, 0.15) is 0 Å². The summed E-state index contributed by atoms with van der Waals surface area (Å²) in [6.45, 7) is 7.17. The molecule has 2 fully saturated rings. The zero-order chi connectivity index (χ0) is 13.2. The van der Waals surface area contributed by atoms with Crippen LogP contribution in [0.1, 0.15) is 19.4 Å². The summed E-state index contributed by atoms with van der Waals surface area (Å²) in [5.74, 6) is 0. The largest absolute Gasteiger partial charge is 0.311 e. The van der Waals surface area contributed by atoms with E-state index in [0.717, 1.165) is 26.1 Å². The Kier molecular flexibility index (Phi) is 2.42. The molecule has 0 aliphatic carbocycles. The van der Waals surface area contributed by atoms with Gasteiger partial charge in [-0.3, -0.25) is 9.24 Å². The number of hydrogen-bond donors (Lipinski definition) is 0. The highest BCUT2D eigenvalue weighted by atomic mass is 31.2. The summed E-state index contributed by atoms with van der Waals surface area (Å²) in [5, 5.41) is 0. The van der Waals surface area contributed by atoms with Crippen LogP contribution < -0.4 is 4.67 Å². The fraction of sp³-hybridized carbons (Fsp3) is 0.571. The topological polar surface area (TPSA) is 26.3 Å². The molecule has 0 spiro atoms. The van der Waals surface area contributed by atoms with Gasteiger partial charge >= 0.3 is 7.59 Å². The third-order valence-corrected chi connectivity index (χ3v) is 8.00. The van der Waals surface area contributed by atoms with Crippen molar-refractivity contribution in [3.8, 4) is 0 Å². The SMILES string of the molecule is C[C@H]1CN1P(=O)(N1CCc2ccccc21)N1C[C@@H]1C. The molecule has 4 nitrogen and oxygen atoms in total. The van der Waals surface area contributed by atoms with Crippen LogP contribution >= 0.6 is 7.59 Å². The van der Waals surface area contributed by atoms with E-state index < -0.39 is 7.59 Å². The lowest BCUT2D eigenvalue weighted by molar-refractivity contribution is 0.501. The summed E-state index contributed by atoms with van der Waals surface area (Å²) < 4.78 is 20.3. The Labute approximate surface area is 114 Å². The molecule has 4 rings (SSSR count). The molecule has 0 bridgehead atoms. The van der Waals surface area contributed by atoms with Crippen LogP contribution in [0.5, 0.6) is 0 Å². The van der Waals surface area contributed by atoms with Crippen LogP contribution in [0.25, 0.3) is 0 Å². The Morgan fingerprint density at radius 3 is 2.26 bits per heavy atom. The number of anilines is 1. The zero-order valence-electron chi connectivity index (χ0n) is 11.5. The molecule has 2 saturated heterocycles. The molecule has 2 unspecified atom stereocenters. The van der Waals surface area contributed by atoms with Crippen molar-refractivity contribution in [2.45, 2.75) is 32.4 Å².